The number of hydrogen-bond donors (Lipinski definition) is 0. The van der Waals surface area contributed by atoms with Crippen molar-refractivity contribution in [3.63, 3.8) is 0 Å². The molecule has 63 valence electrons. The van der Waals surface area contributed by atoms with Gasteiger partial charge >= 0.3 is 0 Å². The molecule has 1 rings (SSSR count). The Labute approximate surface area is 76.1 Å². The third-order valence-corrected chi connectivity index (χ3v) is 1.77. The summed E-state index contributed by atoms with van der Waals surface area (Å²) in [6.07, 6.45) is 0. The van der Waals surface area contributed by atoms with Crippen molar-refractivity contribution in [1.29, 1.82) is 0 Å². The lowest BCUT2D eigenvalue weighted by Crippen LogP contribution is -1.93. The van der Waals surface area contributed by atoms with E-state index in [1.54, 1.807) is 12.1 Å². The fourth-order valence-corrected chi connectivity index (χ4v) is 1.10. The Morgan fingerprint density at radius 1 is 1.58 bits per heavy atom. The highest BCUT2D eigenvalue weighted by molar-refractivity contribution is 6.32. The van der Waals surface area contributed by atoms with E-state index in [1.165, 1.54) is 13.2 Å². The smallest absolute Gasteiger partial charge is 0.163 e. The van der Waals surface area contributed by atoms with Crippen molar-refractivity contribution in [2.45, 2.75) is 0 Å². The molecule has 1 radical (unpaired) electrons. The molecule has 0 spiro atoms. The van der Waals surface area contributed by atoms with Gasteiger partial charge in [-0.1, -0.05) is 11.6 Å². The standard InChI is InChI=1S/C9H8ClO2/c1-6(11)7-3-4-9(12-2)8(10)5-7/h3-5H,1H2,2H3. The predicted molar refractivity (Wildman–Crippen MR) is 47.7 cm³/mol. The van der Waals surface area contributed by atoms with Crippen molar-refractivity contribution in [1.82, 2.24) is 0 Å². The molecule has 0 saturated carbocycles. The van der Waals surface area contributed by atoms with Crippen LogP contribution in [0.4, 0.5) is 0 Å². The molecule has 0 amide bonds. The van der Waals surface area contributed by atoms with Crippen LogP contribution in [0.2, 0.25) is 5.02 Å². The van der Waals surface area contributed by atoms with Crippen LogP contribution in [0.3, 0.4) is 0 Å². The maximum absolute atomic E-state index is 10.8. The number of halogens is 1. The Bertz CT molecular complexity index is 307. The largest absolute Gasteiger partial charge is 0.495 e. The van der Waals surface area contributed by atoms with Crippen molar-refractivity contribution >= 4 is 17.4 Å². The summed E-state index contributed by atoms with van der Waals surface area (Å²) in [5.74, 6) is 0.307. The maximum Gasteiger partial charge on any atom is 0.163 e. The normalized spacial score (nSPS) is 9.58. The summed E-state index contributed by atoms with van der Waals surface area (Å²) >= 11 is 5.77. The van der Waals surface area contributed by atoms with Crippen molar-refractivity contribution in [2.75, 3.05) is 7.11 Å². The molecule has 1 aromatic rings. The van der Waals surface area contributed by atoms with Crippen LogP contribution in [0.5, 0.6) is 5.75 Å². The zero-order valence-electron chi connectivity index (χ0n) is 6.63. The van der Waals surface area contributed by atoms with Crippen molar-refractivity contribution in [3.8, 4) is 5.75 Å². The fraction of sp³-hybridized carbons (Fsp3) is 0.111. The highest BCUT2D eigenvalue weighted by atomic mass is 35.5. The van der Waals surface area contributed by atoms with Crippen LogP contribution in [0.1, 0.15) is 10.4 Å². The molecule has 0 heterocycles. The number of methoxy groups -OCH3 is 1. The summed E-state index contributed by atoms with van der Waals surface area (Å²) in [4.78, 5) is 10.8. The van der Waals surface area contributed by atoms with Crippen LogP contribution < -0.4 is 4.74 Å². The first kappa shape index (κ1) is 9.07. The SMILES string of the molecule is [CH2]C(=O)c1ccc(OC)c(Cl)c1. The Kier molecular flexibility index (Phi) is 2.71. The molecule has 0 bridgehead atoms. The molecule has 0 atom stereocenters. The minimum absolute atomic E-state index is 0.250. The number of Topliss-reactive ketones (excluding diaryl/α,β-unsaturated/α-hetero) is 1. The van der Waals surface area contributed by atoms with Gasteiger partial charge in [0.2, 0.25) is 0 Å². The third-order valence-electron chi connectivity index (χ3n) is 1.47. The molecule has 0 saturated heterocycles. The number of hydrogen-bond acceptors (Lipinski definition) is 2. The molecule has 0 aliphatic rings. The van der Waals surface area contributed by atoms with E-state index >= 15 is 0 Å². The molecule has 0 fully saturated rings. The zero-order chi connectivity index (χ0) is 9.14. The summed E-state index contributed by atoms with van der Waals surface area (Å²) in [6, 6.07) is 4.80. The van der Waals surface area contributed by atoms with Gasteiger partial charge in [0, 0.05) is 12.5 Å². The number of ether oxygens (including phenoxy) is 1. The van der Waals surface area contributed by atoms with Crippen LogP contribution in [0, 0.1) is 6.92 Å². The lowest BCUT2D eigenvalue weighted by atomic mass is 10.1. The summed E-state index contributed by atoms with van der Waals surface area (Å²) < 4.78 is 4.92. The van der Waals surface area contributed by atoms with Gasteiger partial charge in [0.15, 0.2) is 5.78 Å². The van der Waals surface area contributed by atoms with Gasteiger partial charge in [-0.2, -0.15) is 0 Å². The Morgan fingerprint density at radius 3 is 2.67 bits per heavy atom. The maximum atomic E-state index is 10.8. The Morgan fingerprint density at radius 2 is 2.25 bits per heavy atom. The summed E-state index contributed by atoms with van der Waals surface area (Å²) in [5.41, 5.74) is 0.487. The number of carbonyl (C=O) groups is 1. The summed E-state index contributed by atoms with van der Waals surface area (Å²) in [6.45, 7) is 3.27. The van der Waals surface area contributed by atoms with Gasteiger partial charge in [0.25, 0.3) is 0 Å². The second-order valence-electron chi connectivity index (χ2n) is 2.27. The van der Waals surface area contributed by atoms with Gasteiger partial charge in [-0.25, -0.2) is 0 Å². The monoisotopic (exact) mass is 183 g/mol. The molecule has 0 aliphatic carbocycles. The zero-order valence-corrected chi connectivity index (χ0v) is 7.39. The number of rotatable bonds is 2. The lowest BCUT2D eigenvalue weighted by molar-refractivity contribution is 0.104. The van der Waals surface area contributed by atoms with Gasteiger partial charge in [-0.3, -0.25) is 4.79 Å². The van der Waals surface area contributed by atoms with Crippen molar-refractivity contribution in [3.05, 3.63) is 35.7 Å². The second kappa shape index (κ2) is 3.59. The highest BCUT2D eigenvalue weighted by Gasteiger charge is 2.04. The lowest BCUT2D eigenvalue weighted by Gasteiger charge is -2.02. The molecule has 12 heavy (non-hydrogen) atoms. The molecule has 0 aromatic heterocycles. The van der Waals surface area contributed by atoms with Crippen LogP contribution in [-0.2, 0) is 0 Å². The Balaban J connectivity index is 3.10. The van der Waals surface area contributed by atoms with Gasteiger partial charge in [0.05, 0.1) is 12.1 Å². The van der Waals surface area contributed by atoms with E-state index in [0.717, 1.165) is 0 Å². The molecule has 0 aliphatic heterocycles. The number of carbonyl (C=O) groups excluding carboxylic acids is 1. The third kappa shape index (κ3) is 1.77. The minimum atomic E-state index is -0.250. The van der Waals surface area contributed by atoms with E-state index in [9.17, 15) is 4.79 Å². The van der Waals surface area contributed by atoms with Crippen LogP contribution >= 0.6 is 11.6 Å². The van der Waals surface area contributed by atoms with Crippen LogP contribution in [-0.4, -0.2) is 12.9 Å². The van der Waals surface area contributed by atoms with E-state index < -0.39 is 0 Å². The first-order valence-corrected chi connectivity index (χ1v) is 3.73. The molecule has 2 nitrogen and oxygen atoms in total. The first-order chi connectivity index (χ1) is 5.65. The van der Waals surface area contributed by atoms with E-state index in [0.29, 0.717) is 16.3 Å². The van der Waals surface area contributed by atoms with Crippen molar-refractivity contribution in [2.24, 2.45) is 0 Å². The quantitative estimate of drug-likeness (QED) is 0.658. The van der Waals surface area contributed by atoms with Gasteiger partial charge in [0.1, 0.15) is 5.75 Å². The molecule has 1 aromatic carbocycles. The second-order valence-corrected chi connectivity index (χ2v) is 2.68. The van der Waals surface area contributed by atoms with Gasteiger partial charge < -0.3 is 4.74 Å². The fourth-order valence-electron chi connectivity index (χ4n) is 0.840. The van der Waals surface area contributed by atoms with E-state index in [1.807, 2.05) is 0 Å². The number of ketones is 1. The van der Waals surface area contributed by atoms with E-state index in [2.05, 4.69) is 6.92 Å². The summed E-state index contributed by atoms with van der Waals surface area (Å²) in [5, 5.41) is 0.423. The van der Waals surface area contributed by atoms with E-state index in [4.69, 9.17) is 16.3 Å². The molecule has 0 unspecified atom stereocenters. The molecule has 0 N–H and O–H groups in total. The summed E-state index contributed by atoms with van der Waals surface area (Å²) in [7, 11) is 1.52. The average molecular weight is 184 g/mol. The predicted octanol–water partition coefficient (Wildman–Crippen LogP) is 2.37. The van der Waals surface area contributed by atoms with Gasteiger partial charge in [-0.15, -0.1) is 0 Å². The van der Waals surface area contributed by atoms with Crippen LogP contribution in [0.25, 0.3) is 0 Å². The average Bonchev–Trinajstić information content (AvgIpc) is 2.04. The van der Waals surface area contributed by atoms with Crippen LogP contribution in [0.15, 0.2) is 18.2 Å². The van der Waals surface area contributed by atoms with E-state index in [-0.39, 0.29) is 5.78 Å². The molecule has 3 heteroatoms. The number of benzene rings is 1. The molecular formula is C9H8ClO2. The van der Waals surface area contributed by atoms with Gasteiger partial charge in [-0.05, 0) is 18.2 Å². The topological polar surface area (TPSA) is 26.3 Å². The minimum Gasteiger partial charge on any atom is -0.495 e. The highest BCUT2D eigenvalue weighted by Crippen LogP contribution is 2.24. The first-order valence-electron chi connectivity index (χ1n) is 3.35. The Hall–Kier alpha value is -1.02. The molecular weight excluding hydrogens is 176 g/mol. The van der Waals surface area contributed by atoms with Crippen molar-refractivity contribution < 1.29 is 9.53 Å².